The van der Waals surface area contributed by atoms with Crippen LogP contribution < -0.4 is 0 Å². The van der Waals surface area contributed by atoms with Crippen LogP contribution in [0.1, 0.15) is 19.8 Å². The van der Waals surface area contributed by atoms with Crippen molar-refractivity contribution < 1.29 is 19.1 Å². The summed E-state index contributed by atoms with van der Waals surface area (Å²) in [7, 11) is 1.44. The number of ether oxygens (including phenoxy) is 2. The van der Waals surface area contributed by atoms with Gasteiger partial charge in [-0.15, -0.1) is 11.8 Å². The minimum absolute atomic E-state index is 0.0387. The molecule has 0 saturated carbocycles. The first-order chi connectivity index (χ1) is 9.23. The third-order valence-electron chi connectivity index (χ3n) is 2.49. The monoisotopic (exact) mass is 298 g/mol. The van der Waals surface area contributed by atoms with Gasteiger partial charge in [0.1, 0.15) is 0 Å². The Morgan fingerprint density at radius 1 is 1.00 bits per heavy atom. The molecular formula is C15H22O4S. The molecule has 112 valence electrons. The number of carbonyl (C=O) groups is 2. The summed E-state index contributed by atoms with van der Waals surface area (Å²) >= 11 is 0. The molecule has 0 spiro atoms. The molecule has 0 aliphatic rings. The standard InChI is InChI=1S/C15H22O4S/c1-7-8-10-15(13(16)18-2,14(17)19-3)11-9-12-20(4,5)6/h10-11H2,1-6H3. The lowest BCUT2D eigenvalue weighted by Gasteiger charge is -2.24. The topological polar surface area (TPSA) is 52.6 Å². The lowest BCUT2D eigenvalue weighted by molar-refractivity contribution is -0.168. The van der Waals surface area contributed by atoms with E-state index in [1.165, 1.54) is 14.2 Å². The Kier molecular flexibility index (Phi) is 7.24. The SMILES string of the molecule is CC#CCC(CC#CS(C)(C)C)(C(=O)OC)C(=O)OC. The van der Waals surface area contributed by atoms with E-state index in [0.717, 1.165) is 0 Å². The van der Waals surface area contributed by atoms with Gasteiger partial charge >= 0.3 is 11.9 Å². The van der Waals surface area contributed by atoms with Crippen molar-refractivity contribution in [2.24, 2.45) is 5.41 Å². The summed E-state index contributed by atoms with van der Waals surface area (Å²) in [6.45, 7) is 1.64. The molecule has 0 N–H and O–H groups in total. The van der Waals surface area contributed by atoms with Crippen LogP contribution >= 0.6 is 10.0 Å². The smallest absolute Gasteiger partial charge is 0.325 e. The average molecular weight is 298 g/mol. The lowest BCUT2D eigenvalue weighted by atomic mass is 9.81. The molecule has 0 unspecified atom stereocenters. The highest BCUT2D eigenvalue weighted by molar-refractivity contribution is 8.35. The summed E-state index contributed by atoms with van der Waals surface area (Å²) in [4.78, 5) is 24.1. The fourth-order valence-electron chi connectivity index (χ4n) is 1.47. The highest BCUT2D eigenvalue weighted by atomic mass is 32.3. The van der Waals surface area contributed by atoms with Crippen LogP contribution in [0.5, 0.6) is 0 Å². The maximum absolute atomic E-state index is 12.0. The molecule has 0 aromatic heterocycles. The van der Waals surface area contributed by atoms with Gasteiger partial charge in [-0.25, -0.2) is 0 Å². The highest BCUT2D eigenvalue weighted by Gasteiger charge is 2.47. The molecule has 20 heavy (non-hydrogen) atoms. The molecule has 0 aromatic rings. The van der Waals surface area contributed by atoms with E-state index in [1.54, 1.807) is 6.92 Å². The highest BCUT2D eigenvalue weighted by Crippen LogP contribution is 2.34. The van der Waals surface area contributed by atoms with Crippen LogP contribution in [0.2, 0.25) is 0 Å². The molecule has 0 fully saturated rings. The van der Waals surface area contributed by atoms with E-state index in [1.807, 2.05) is 18.8 Å². The molecule has 0 atom stereocenters. The van der Waals surface area contributed by atoms with Crippen molar-refractivity contribution in [1.29, 1.82) is 0 Å². The van der Waals surface area contributed by atoms with Crippen molar-refractivity contribution >= 4 is 22.0 Å². The van der Waals surface area contributed by atoms with Crippen molar-refractivity contribution in [1.82, 2.24) is 0 Å². The Morgan fingerprint density at radius 3 is 1.80 bits per heavy atom. The molecule has 0 saturated heterocycles. The van der Waals surface area contributed by atoms with Crippen LogP contribution in [0.25, 0.3) is 0 Å². The summed E-state index contributed by atoms with van der Waals surface area (Å²) in [5, 5.41) is 3.08. The van der Waals surface area contributed by atoms with Gasteiger partial charge in [-0.05, 0) is 25.7 Å². The summed E-state index contributed by atoms with van der Waals surface area (Å²) in [6, 6.07) is 0. The van der Waals surface area contributed by atoms with Crippen LogP contribution in [-0.2, 0) is 19.1 Å². The zero-order valence-electron chi connectivity index (χ0n) is 13.0. The van der Waals surface area contributed by atoms with Crippen LogP contribution in [0.3, 0.4) is 0 Å². The van der Waals surface area contributed by atoms with Gasteiger partial charge in [0, 0.05) is 12.8 Å². The Hall–Kier alpha value is -1.59. The summed E-state index contributed by atoms with van der Waals surface area (Å²) < 4.78 is 9.50. The fraction of sp³-hybridized carbons (Fsp3) is 0.600. The first-order valence-electron chi connectivity index (χ1n) is 5.98. The number of rotatable bonds is 4. The second kappa shape index (κ2) is 7.87. The van der Waals surface area contributed by atoms with E-state index >= 15 is 0 Å². The Labute approximate surface area is 122 Å². The van der Waals surface area contributed by atoms with Crippen molar-refractivity contribution in [3.63, 3.8) is 0 Å². The van der Waals surface area contributed by atoms with Gasteiger partial charge in [0.15, 0.2) is 5.41 Å². The summed E-state index contributed by atoms with van der Waals surface area (Å²) in [5.74, 6) is 7.03. The molecule has 0 rings (SSSR count). The van der Waals surface area contributed by atoms with Crippen LogP contribution in [0.15, 0.2) is 0 Å². The molecular weight excluding hydrogens is 276 g/mol. The van der Waals surface area contributed by atoms with Crippen LogP contribution in [0.4, 0.5) is 0 Å². The van der Waals surface area contributed by atoms with Gasteiger partial charge in [-0.1, -0.05) is 11.2 Å². The van der Waals surface area contributed by atoms with Crippen molar-refractivity contribution in [3.05, 3.63) is 0 Å². The quantitative estimate of drug-likeness (QED) is 0.451. The van der Waals surface area contributed by atoms with Crippen LogP contribution in [-0.4, -0.2) is 44.9 Å². The molecule has 0 aromatic carbocycles. The van der Waals surface area contributed by atoms with Gasteiger partial charge in [-0.3, -0.25) is 9.59 Å². The number of methoxy groups -OCH3 is 2. The average Bonchev–Trinajstić information content (AvgIpc) is 2.39. The maximum Gasteiger partial charge on any atom is 0.325 e. The van der Waals surface area contributed by atoms with E-state index in [2.05, 4.69) is 23.0 Å². The second-order valence-corrected chi connectivity index (χ2v) is 8.84. The number of esters is 2. The third kappa shape index (κ3) is 5.19. The molecule has 4 nitrogen and oxygen atoms in total. The molecule has 0 aliphatic carbocycles. The number of hydrogen-bond acceptors (Lipinski definition) is 4. The number of hydrogen-bond donors (Lipinski definition) is 0. The molecule has 5 heteroatoms. The first-order valence-corrected chi connectivity index (χ1v) is 8.83. The van der Waals surface area contributed by atoms with Crippen molar-refractivity contribution in [3.8, 4) is 23.0 Å². The zero-order chi connectivity index (χ0) is 15.8. The van der Waals surface area contributed by atoms with E-state index < -0.39 is 27.4 Å². The van der Waals surface area contributed by atoms with Gasteiger partial charge in [0.05, 0.1) is 14.2 Å². The van der Waals surface area contributed by atoms with E-state index in [0.29, 0.717) is 0 Å². The first kappa shape index (κ1) is 18.4. The summed E-state index contributed by atoms with van der Waals surface area (Å²) in [6.07, 6.45) is 6.18. The normalized spacial score (nSPS) is 11.3. The predicted octanol–water partition coefficient (Wildman–Crippen LogP) is 1.78. The molecule has 0 amide bonds. The molecule has 0 aliphatic heterocycles. The predicted molar refractivity (Wildman–Crippen MR) is 82.3 cm³/mol. The van der Waals surface area contributed by atoms with Gasteiger partial charge in [-0.2, -0.15) is 10.0 Å². The Balaban J connectivity index is 5.57. The van der Waals surface area contributed by atoms with Crippen LogP contribution in [0, 0.1) is 28.4 Å². The molecule has 0 bridgehead atoms. The molecule has 0 radical (unpaired) electrons. The van der Waals surface area contributed by atoms with Gasteiger partial charge in [0.2, 0.25) is 0 Å². The fourth-order valence-corrected chi connectivity index (χ4v) is 1.97. The second-order valence-electron chi connectivity index (χ2n) is 4.96. The lowest BCUT2D eigenvalue weighted by Crippen LogP contribution is -2.40. The van der Waals surface area contributed by atoms with Crippen molar-refractivity contribution in [2.45, 2.75) is 19.8 Å². The van der Waals surface area contributed by atoms with Crippen molar-refractivity contribution in [2.75, 3.05) is 33.0 Å². The zero-order valence-corrected chi connectivity index (χ0v) is 13.8. The number of carbonyl (C=O) groups excluding carboxylic acids is 2. The largest absolute Gasteiger partial charge is 0.468 e. The third-order valence-corrected chi connectivity index (χ3v) is 3.24. The van der Waals surface area contributed by atoms with E-state index in [-0.39, 0.29) is 12.8 Å². The minimum atomic E-state index is -1.47. The van der Waals surface area contributed by atoms with E-state index in [9.17, 15) is 9.59 Å². The van der Waals surface area contributed by atoms with E-state index in [4.69, 9.17) is 9.47 Å². The molecule has 0 heterocycles. The minimum Gasteiger partial charge on any atom is -0.468 e. The maximum atomic E-state index is 12.0. The Bertz CT molecular complexity index is 464. The summed E-state index contributed by atoms with van der Waals surface area (Å²) in [5.41, 5.74) is -1.47. The Morgan fingerprint density at radius 2 is 1.45 bits per heavy atom. The van der Waals surface area contributed by atoms with Gasteiger partial charge < -0.3 is 9.47 Å². The van der Waals surface area contributed by atoms with Gasteiger partial charge in [0.25, 0.3) is 0 Å².